The smallest absolute Gasteiger partial charge is 0.260 e. The minimum absolute atomic E-state index is 0.00682. The van der Waals surface area contributed by atoms with E-state index >= 15 is 0 Å². The van der Waals surface area contributed by atoms with Gasteiger partial charge in [-0.1, -0.05) is 51.9 Å². The lowest BCUT2D eigenvalue weighted by Gasteiger charge is -2.06. The van der Waals surface area contributed by atoms with Crippen molar-refractivity contribution >= 4 is 10.8 Å². The Morgan fingerprint density at radius 1 is 0.789 bits per heavy atom. The maximum Gasteiger partial charge on any atom is 0.389 e. The standard InChI is InChI=1S/C14H27F3OS/c1-2-3-4-5-6-7-8-9-12-19(18)13-10-11-14(15,16)17/h2-13H2,1H3. The van der Waals surface area contributed by atoms with Crippen molar-refractivity contribution in [2.45, 2.75) is 77.3 Å². The van der Waals surface area contributed by atoms with Crippen LogP contribution in [0.1, 0.15) is 71.1 Å². The van der Waals surface area contributed by atoms with Crippen LogP contribution in [-0.2, 0) is 10.8 Å². The van der Waals surface area contributed by atoms with Crippen LogP contribution in [0.2, 0.25) is 0 Å². The maximum atomic E-state index is 11.9. The molecule has 1 unspecified atom stereocenters. The highest BCUT2D eigenvalue weighted by molar-refractivity contribution is 7.84. The van der Waals surface area contributed by atoms with Crippen molar-refractivity contribution in [3.63, 3.8) is 0 Å². The van der Waals surface area contributed by atoms with Gasteiger partial charge in [-0.15, -0.1) is 0 Å². The molecule has 19 heavy (non-hydrogen) atoms. The van der Waals surface area contributed by atoms with Crippen molar-refractivity contribution in [2.75, 3.05) is 11.5 Å². The van der Waals surface area contributed by atoms with Gasteiger partial charge in [-0.3, -0.25) is 4.21 Å². The van der Waals surface area contributed by atoms with Gasteiger partial charge in [-0.25, -0.2) is 0 Å². The van der Waals surface area contributed by atoms with Gasteiger partial charge in [0.2, 0.25) is 0 Å². The lowest BCUT2D eigenvalue weighted by Crippen LogP contribution is -2.10. The van der Waals surface area contributed by atoms with Gasteiger partial charge in [0.15, 0.2) is 0 Å². The number of hydrogen-bond donors (Lipinski definition) is 0. The zero-order valence-electron chi connectivity index (χ0n) is 11.9. The zero-order chi connectivity index (χ0) is 14.6. The lowest BCUT2D eigenvalue weighted by molar-refractivity contribution is -0.134. The predicted octanol–water partition coefficient (Wildman–Crippen LogP) is 5.22. The van der Waals surface area contributed by atoms with E-state index in [1.54, 1.807) is 0 Å². The molecule has 0 aliphatic heterocycles. The van der Waals surface area contributed by atoms with E-state index in [0.29, 0.717) is 5.75 Å². The van der Waals surface area contributed by atoms with Crippen LogP contribution in [0.25, 0.3) is 0 Å². The second-order valence-corrected chi connectivity index (χ2v) is 6.74. The molecule has 0 fully saturated rings. The SMILES string of the molecule is CCCCCCCCCCS(=O)CCCC(F)(F)F. The molecule has 0 aromatic carbocycles. The van der Waals surface area contributed by atoms with Crippen LogP contribution >= 0.6 is 0 Å². The molecule has 1 atom stereocenters. The summed E-state index contributed by atoms with van der Waals surface area (Å²) in [4.78, 5) is 0. The molecule has 0 aromatic rings. The molecule has 0 saturated carbocycles. The van der Waals surface area contributed by atoms with Crippen LogP contribution in [0.3, 0.4) is 0 Å². The highest BCUT2D eigenvalue weighted by atomic mass is 32.2. The number of hydrogen-bond acceptors (Lipinski definition) is 1. The van der Waals surface area contributed by atoms with Crippen molar-refractivity contribution in [1.82, 2.24) is 0 Å². The molecule has 5 heteroatoms. The highest BCUT2D eigenvalue weighted by Crippen LogP contribution is 2.21. The maximum absolute atomic E-state index is 11.9. The van der Waals surface area contributed by atoms with Gasteiger partial charge in [-0.05, 0) is 12.8 Å². The summed E-state index contributed by atoms with van der Waals surface area (Å²) in [5.74, 6) is 0.753. The summed E-state index contributed by atoms with van der Waals surface area (Å²) in [6, 6.07) is 0. The molecule has 0 radical (unpaired) electrons. The normalized spacial score (nSPS) is 13.7. The average Bonchev–Trinajstić information content (AvgIpc) is 2.31. The predicted molar refractivity (Wildman–Crippen MR) is 75.8 cm³/mol. The Morgan fingerprint density at radius 2 is 1.26 bits per heavy atom. The summed E-state index contributed by atoms with van der Waals surface area (Å²) in [7, 11) is -1.06. The van der Waals surface area contributed by atoms with Gasteiger partial charge in [-0.2, -0.15) is 13.2 Å². The van der Waals surface area contributed by atoms with Crippen LogP contribution < -0.4 is 0 Å². The zero-order valence-corrected chi connectivity index (χ0v) is 12.8. The van der Waals surface area contributed by atoms with E-state index in [1.165, 1.54) is 32.1 Å². The third kappa shape index (κ3) is 15.9. The van der Waals surface area contributed by atoms with Gasteiger partial charge >= 0.3 is 6.18 Å². The molecule has 0 spiro atoms. The Kier molecular flexibility index (Phi) is 11.7. The third-order valence-electron chi connectivity index (χ3n) is 3.06. The highest BCUT2D eigenvalue weighted by Gasteiger charge is 2.26. The Hall–Kier alpha value is -0.0600. The van der Waals surface area contributed by atoms with E-state index in [-0.39, 0.29) is 12.2 Å². The minimum Gasteiger partial charge on any atom is -0.260 e. The van der Waals surface area contributed by atoms with Crippen LogP contribution in [0, 0.1) is 0 Å². The fourth-order valence-corrected chi connectivity index (χ4v) is 3.13. The molecule has 0 saturated heterocycles. The number of rotatable bonds is 12. The first kappa shape index (κ1) is 18.9. The van der Waals surface area contributed by atoms with Crippen molar-refractivity contribution in [1.29, 1.82) is 0 Å². The first-order valence-corrected chi connectivity index (χ1v) is 8.86. The van der Waals surface area contributed by atoms with Crippen molar-refractivity contribution in [3.05, 3.63) is 0 Å². The average molecular weight is 300 g/mol. The van der Waals surface area contributed by atoms with E-state index in [4.69, 9.17) is 0 Å². The van der Waals surface area contributed by atoms with Gasteiger partial charge in [0.25, 0.3) is 0 Å². The van der Waals surface area contributed by atoms with E-state index in [0.717, 1.165) is 19.3 Å². The van der Waals surface area contributed by atoms with Crippen LogP contribution in [0.4, 0.5) is 13.2 Å². The minimum atomic E-state index is -4.11. The first-order chi connectivity index (χ1) is 8.95. The van der Waals surface area contributed by atoms with Crippen LogP contribution in [0.15, 0.2) is 0 Å². The second kappa shape index (κ2) is 11.7. The van der Waals surface area contributed by atoms with E-state index in [2.05, 4.69) is 6.92 Å². The largest absolute Gasteiger partial charge is 0.389 e. The summed E-state index contributed by atoms with van der Waals surface area (Å²) >= 11 is 0. The first-order valence-electron chi connectivity index (χ1n) is 7.37. The topological polar surface area (TPSA) is 17.1 Å². The summed E-state index contributed by atoms with van der Waals surface area (Å²) in [6.45, 7) is 2.19. The molecule has 1 nitrogen and oxygen atoms in total. The van der Waals surface area contributed by atoms with Crippen LogP contribution in [0.5, 0.6) is 0 Å². The van der Waals surface area contributed by atoms with Crippen LogP contribution in [-0.4, -0.2) is 21.9 Å². The fourth-order valence-electron chi connectivity index (χ4n) is 1.93. The molecule has 0 N–H and O–H groups in total. The van der Waals surface area contributed by atoms with Gasteiger partial charge < -0.3 is 0 Å². The van der Waals surface area contributed by atoms with Crippen molar-refractivity contribution in [2.24, 2.45) is 0 Å². The molecule has 0 heterocycles. The lowest BCUT2D eigenvalue weighted by atomic mass is 10.1. The molecule has 116 valence electrons. The molecule has 0 amide bonds. The molecule has 0 aromatic heterocycles. The molecule has 0 bridgehead atoms. The van der Waals surface area contributed by atoms with E-state index in [1.807, 2.05) is 0 Å². The summed E-state index contributed by atoms with van der Waals surface area (Å²) in [6.07, 6.45) is 4.49. The molecule has 0 rings (SSSR count). The van der Waals surface area contributed by atoms with Gasteiger partial charge in [0, 0.05) is 28.7 Å². The van der Waals surface area contributed by atoms with Gasteiger partial charge in [0.05, 0.1) is 0 Å². The van der Waals surface area contributed by atoms with E-state index in [9.17, 15) is 17.4 Å². The van der Waals surface area contributed by atoms with E-state index < -0.39 is 23.4 Å². The molecule has 0 aliphatic carbocycles. The van der Waals surface area contributed by atoms with Gasteiger partial charge in [0.1, 0.15) is 0 Å². The molecular formula is C14H27F3OS. The molecular weight excluding hydrogens is 273 g/mol. The second-order valence-electron chi connectivity index (χ2n) is 5.04. The summed E-state index contributed by atoms with van der Waals surface area (Å²) in [5, 5.41) is 0. The quantitative estimate of drug-likeness (QED) is 0.452. The molecule has 0 aliphatic rings. The Labute approximate surface area is 117 Å². The summed E-state index contributed by atoms with van der Waals surface area (Å²) < 4.78 is 47.1. The summed E-state index contributed by atoms with van der Waals surface area (Å²) in [5.41, 5.74) is 0. The Bertz CT molecular complexity index is 229. The third-order valence-corrected chi connectivity index (χ3v) is 4.55. The van der Waals surface area contributed by atoms with Crippen molar-refractivity contribution < 1.29 is 17.4 Å². The fraction of sp³-hybridized carbons (Fsp3) is 1.00. The Balaban J connectivity index is 3.25. The number of halogens is 3. The van der Waals surface area contributed by atoms with Crippen molar-refractivity contribution in [3.8, 4) is 0 Å². The number of unbranched alkanes of at least 4 members (excludes halogenated alkanes) is 7. The monoisotopic (exact) mass is 300 g/mol. The Morgan fingerprint density at radius 3 is 1.79 bits per heavy atom. The number of alkyl halides is 3.